The van der Waals surface area contributed by atoms with Crippen molar-refractivity contribution in [2.24, 2.45) is 0 Å². The van der Waals surface area contributed by atoms with E-state index >= 15 is 0 Å². The summed E-state index contributed by atoms with van der Waals surface area (Å²) in [6, 6.07) is 11.3. The molecule has 170 valence electrons. The number of morpholine rings is 1. The van der Waals surface area contributed by atoms with Crippen molar-refractivity contribution in [3.63, 3.8) is 0 Å². The fourth-order valence-electron chi connectivity index (χ4n) is 4.03. The van der Waals surface area contributed by atoms with E-state index in [4.69, 9.17) is 18.6 Å². The Balaban J connectivity index is 1.82. The maximum atomic E-state index is 12.8. The molecule has 1 N–H and O–H groups in total. The third-order valence-electron chi connectivity index (χ3n) is 5.57. The SMILES string of the molecule is CCc1cc([C@H](c2cccc(OC)c2OC)N2CCOCC2)c(NC(=O)c2ccco2)s1. The Kier molecular flexibility index (Phi) is 7.14. The van der Waals surface area contributed by atoms with Gasteiger partial charge in [-0.3, -0.25) is 9.69 Å². The number of benzene rings is 1. The zero-order valence-corrected chi connectivity index (χ0v) is 19.4. The summed E-state index contributed by atoms with van der Waals surface area (Å²) < 4.78 is 22.3. The van der Waals surface area contributed by atoms with E-state index in [1.165, 1.54) is 11.1 Å². The number of hydrogen-bond donors (Lipinski definition) is 1. The van der Waals surface area contributed by atoms with Crippen LogP contribution in [0.3, 0.4) is 0 Å². The first-order valence-electron chi connectivity index (χ1n) is 10.7. The number of furan rings is 1. The number of aryl methyl sites for hydroxylation is 1. The van der Waals surface area contributed by atoms with Gasteiger partial charge in [0.2, 0.25) is 0 Å². The molecular weight excluding hydrogens is 428 g/mol. The van der Waals surface area contributed by atoms with Crippen molar-refractivity contribution in [1.29, 1.82) is 0 Å². The minimum Gasteiger partial charge on any atom is -0.493 e. The number of rotatable bonds is 8. The van der Waals surface area contributed by atoms with E-state index < -0.39 is 0 Å². The van der Waals surface area contributed by atoms with E-state index in [0.717, 1.165) is 35.6 Å². The lowest BCUT2D eigenvalue weighted by molar-refractivity contribution is 0.0236. The number of hydrogen-bond acceptors (Lipinski definition) is 7. The quantitative estimate of drug-likeness (QED) is 0.534. The summed E-state index contributed by atoms with van der Waals surface area (Å²) in [6.07, 6.45) is 2.37. The summed E-state index contributed by atoms with van der Waals surface area (Å²) in [6.45, 7) is 4.97. The summed E-state index contributed by atoms with van der Waals surface area (Å²) in [5, 5.41) is 3.89. The Bertz CT molecular complexity index is 1040. The second-order valence-corrected chi connectivity index (χ2v) is 8.55. The molecule has 1 aromatic carbocycles. The van der Waals surface area contributed by atoms with E-state index in [1.54, 1.807) is 37.7 Å². The number of thiophene rings is 1. The van der Waals surface area contributed by atoms with Gasteiger partial charge in [-0.1, -0.05) is 19.1 Å². The summed E-state index contributed by atoms with van der Waals surface area (Å²) in [7, 11) is 3.29. The molecule has 1 fully saturated rings. The standard InChI is InChI=1S/C24H28N2O5S/c1-4-16-15-18(24(32-16)25-23(27)20-9-6-12-31-20)21(26-10-13-30-14-11-26)17-7-5-8-19(28-2)22(17)29-3/h5-9,12,15,21H,4,10-11,13-14H2,1-3H3,(H,25,27)/t21-/m0/s1. The highest BCUT2D eigenvalue weighted by atomic mass is 32.1. The highest BCUT2D eigenvalue weighted by Crippen LogP contribution is 2.45. The molecule has 0 unspecified atom stereocenters. The minimum absolute atomic E-state index is 0.132. The number of para-hydroxylation sites is 1. The molecule has 7 nitrogen and oxygen atoms in total. The van der Waals surface area contributed by atoms with Crippen LogP contribution < -0.4 is 14.8 Å². The Labute approximate surface area is 191 Å². The average molecular weight is 457 g/mol. The summed E-state index contributed by atoms with van der Waals surface area (Å²) in [4.78, 5) is 16.4. The van der Waals surface area contributed by atoms with Crippen molar-refractivity contribution in [2.75, 3.05) is 45.8 Å². The van der Waals surface area contributed by atoms with E-state index in [1.807, 2.05) is 12.1 Å². The molecule has 1 saturated heterocycles. The molecule has 8 heteroatoms. The van der Waals surface area contributed by atoms with Crippen LogP contribution in [-0.4, -0.2) is 51.3 Å². The fourth-order valence-corrected chi connectivity index (χ4v) is 5.05. The molecule has 0 aliphatic carbocycles. The van der Waals surface area contributed by atoms with Crippen LogP contribution in [0.5, 0.6) is 11.5 Å². The van der Waals surface area contributed by atoms with Gasteiger partial charge in [0.15, 0.2) is 17.3 Å². The predicted molar refractivity (Wildman–Crippen MR) is 124 cm³/mol. The van der Waals surface area contributed by atoms with Crippen LogP contribution in [0.2, 0.25) is 0 Å². The number of anilines is 1. The number of ether oxygens (including phenoxy) is 3. The van der Waals surface area contributed by atoms with Crippen molar-refractivity contribution in [1.82, 2.24) is 4.90 Å². The van der Waals surface area contributed by atoms with Crippen molar-refractivity contribution in [3.8, 4) is 11.5 Å². The van der Waals surface area contributed by atoms with E-state index in [0.29, 0.717) is 24.7 Å². The molecule has 4 rings (SSSR count). The third-order valence-corrected chi connectivity index (χ3v) is 6.78. The van der Waals surface area contributed by atoms with Gasteiger partial charge in [-0.15, -0.1) is 11.3 Å². The van der Waals surface area contributed by atoms with Gasteiger partial charge in [-0.05, 0) is 30.7 Å². The van der Waals surface area contributed by atoms with Crippen LogP contribution >= 0.6 is 11.3 Å². The van der Waals surface area contributed by atoms with Gasteiger partial charge in [-0.25, -0.2) is 0 Å². The lowest BCUT2D eigenvalue weighted by Crippen LogP contribution is -2.39. The highest BCUT2D eigenvalue weighted by molar-refractivity contribution is 7.16. The molecule has 0 bridgehead atoms. The van der Waals surface area contributed by atoms with Gasteiger partial charge in [-0.2, -0.15) is 0 Å². The molecular formula is C24H28N2O5S. The summed E-state index contributed by atoms with van der Waals surface area (Å²) in [5.74, 6) is 1.39. The largest absolute Gasteiger partial charge is 0.493 e. The predicted octanol–water partition coefficient (Wildman–Crippen LogP) is 4.59. The molecule has 1 atom stereocenters. The summed E-state index contributed by atoms with van der Waals surface area (Å²) >= 11 is 1.59. The second kappa shape index (κ2) is 10.2. The average Bonchev–Trinajstić information content (AvgIpc) is 3.50. The van der Waals surface area contributed by atoms with E-state index in [9.17, 15) is 4.79 Å². The monoisotopic (exact) mass is 456 g/mol. The second-order valence-electron chi connectivity index (χ2n) is 7.42. The zero-order chi connectivity index (χ0) is 22.5. The molecule has 3 aromatic rings. The first-order chi connectivity index (χ1) is 15.7. The Hall–Kier alpha value is -2.81. The van der Waals surface area contributed by atoms with Crippen molar-refractivity contribution >= 4 is 22.2 Å². The number of carbonyl (C=O) groups excluding carboxylic acids is 1. The van der Waals surface area contributed by atoms with Crippen LogP contribution in [0, 0.1) is 0 Å². The third kappa shape index (κ3) is 4.53. The molecule has 32 heavy (non-hydrogen) atoms. The van der Waals surface area contributed by atoms with Crippen LogP contribution in [0.25, 0.3) is 0 Å². The van der Waals surface area contributed by atoms with Crippen molar-refractivity contribution in [2.45, 2.75) is 19.4 Å². The van der Waals surface area contributed by atoms with Crippen molar-refractivity contribution < 1.29 is 23.4 Å². The van der Waals surface area contributed by atoms with Gasteiger partial charge in [0, 0.05) is 29.1 Å². The van der Waals surface area contributed by atoms with Crippen LogP contribution in [0.15, 0.2) is 47.1 Å². The summed E-state index contributed by atoms with van der Waals surface area (Å²) in [5.41, 5.74) is 2.02. The normalized spacial score (nSPS) is 15.3. The van der Waals surface area contributed by atoms with E-state index in [2.05, 4.69) is 29.3 Å². The molecule has 0 saturated carbocycles. The van der Waals surface area contributed by atoms with Gasteiger partial charge in [0.05, 0.1) is 39.7 Å². The first kappa shape index (κ1) is 22.4. The van der Waals surface area contributed by atoms with Gasteiger partial charge in [0.1, 0.15) is 5.00 Å². The Morgan fingerprint density at radius 1 is 1.16 bits per heavy atom. The number of carbonyl (C=O) groups is 1. The topological polar surface area (TPSA) is 73.2 Å². The maximum absolute atomic E-state index is 12.8. The number of methoxy groups -OCH3 is 2. The molecule has 3 heterocycles. The molecule has 1 aliphatic rings. The molecule has 1 aliphatic heterocycles. The Morgan fingerprint density at radius 2 is 1.97 bits per heavy atom. The maximum Gasteiger partial charge on any atom is 0.291 e. The smallest absolute Gasteiger partial charge is 0.291 e. The number of amides is 1. The molecule has 2 aromatic heterocycles. The molecule has 1 amide bonds. The Morgan fingerprint density at radius 3 is 2.62 bits per heavy atom. The number of nitrogens with zero attached hydrogens (tertiary/aromatic N) is 1. The van der Waals surface area contributed by atoms with Crippen LogP contribution in [-0.2, 0) is 11.2 Å². The molecule has 0 spiro atoms. The lowest BCUT2D eigenvalue weighted by atomic mass is 9.96. The lowest BCUT2D eigenvalue weighted by Gasteiger charge is -2.36. The fraction of sp³-hybridized carbons (Fsp3) is 0.375. The van der Waals surface area contributed by atoms with Crippen LogP contribution in [0.1, 0.15) is 39.5 Å². The van der Waals surface area contributed by atoms with Crippen molar-refractivity contribution in [3.05, 3.63) is 64.4 Å². The van der Waals surface area contributed by atoms with Crippen LogP contribution in [0.4, 0.5) is 5.00 Å². The molecule has 0 radical (unpaired) electrons. The van der Waals surface area contributed by atoms with Gasteiger partial charge >= 0.3 is 0 Å². The minimum atomic E-state index is -0.265. The van der Waals surface area contributed by atoms with Gasteiger partial charge < -0.3 is 23.9 Å². The zero-order valence-electron chi connectivity index (χ0n) is 18.6. The van der Waals surface area contributed by atoms with Gasteiger partial charge in [0.25, 0.3) is 5.91 Å². The number of nitrogens with one attached hydrogen (secondary N) is 1. The van der Waals surface area contributed by atoms with E-state index in [-0.39, 0.29) is 17.7 Å². The first-order valence-corrected chi connectivity index (χ1v) is 11.5. The highest BCUT2D eigenvalue weighted by Gasteiger charge is 2.32.